The van der Waals surface area contributed by atoms with E-state index < -0.39 is 9.84 Å². The van der Waals surface area contributed by atoms with Gasteiger partial charge in [0.2, 0.25) is 0 Å². The zero-order valence-electron chi connectivity index (χ0n) is 5.73. The van der Waals surface area contributed by atoms with Gasteiger partial charge in [-0.1, -0.05) is 0 Å². The molecule has 62 valence electrons. The Bertz CT molecular complexity index is 347. The first-order valence-electron chi connectivity index (χ1n) is 2.63. The molecule has 0 radical (unpaired) electrons. The highest BCUT2D eigenvalue weighted by Crippen LogP contribution is 2.27. The van der Waals surface area contributed by atoms with E-state index in [1.807, 2.05) is 0 Å². The van der Waals surface area contributed by atoms with Crippen LogP contribution in [-0.4, -0.2) is 19.0 Å². The van der Waals surface area contributed by atoms with Crippen LogP contribution in [0.2, 0.25) is 0 Å². The third-order valence-electron chi connectivity index (χ3n) is 1.07. The predicted octanol–water partition coefficient (Wildman–Crippen LogP) is -0.289. The molecule has 1 aromatic rings. The van der Waals surface area contributed by atoms with Crippen LogP contribution in [0.5, 0.6) is 0 Å². The van der Waals surface area contributed by atoms with Gasteiger partial charge in [-0.3, -0.25) is 0 Å². The van der Waals surface area contributed by atoms with E-state index in [-0.39, 0.29) is 15.7 Å². The molecule has 0 aliphatic rings. The third-order valence-corrected chi connectivity index (χ3v) is 3.06. The summed E-state index contributed by atoms with van der Waals surface area (Å²) in [4.78, 5) is -0.0532. The summed E-state index contributed by atoms with van der Waals surface area (Å²) < 4.78 is 25.5. The fourth-order valence-electron chi connectivity index (χ4n) is 0.680. The van der Waals surface area contributed by atoms with Crippen LogP contribution in [0.15, 0.2) is 4.90 Å². The van der Waals surface area contributed by atoms with Gasteiger partial charge in [0.25, 0.3) is 0 Å². The summed E-state index contributed by atoms with van der Waals surface area (Å²) >= 11 is 0.882. The molecular formula is C4H7N3O2S2. The molecule has 0 unspecified atom stereocenters. The van der Waals surface area contributed by atoms with Crippen LogP contribution in [0.4, 0.5) is 10.8 Å². The van der Waals surface area contributed by atoms with Crippen LogP contribution < -0.4 is 11.5 Å². The fourth-order valence-corrected chi connectivity index (χ4v) is 2.57. The number of sulfone groups is 1. The summed E-state index contributed by atoms with van der Waals surface area (Å²) in [5.74, 6) is -0.0185. The number of hydrogen-bond donors (Lipinski definition) is 2. The zero-order chi connectivity index (χ0) is 8.65. The molecule has 1 heterocycles. The standard InChI is InChI=1S/C4H7N3O2S2/c1-11(8,9)2-3(5)7-10-4(2)6/h6H2,1H3,(H2,5,7). The number of nitrogens with zero attached hydrogens (tertiary/aromatic N) is 1. The molecule has 1 aromatic heterocycles. The molecule has 4 N–H and O–H groups in total. The van der Waals surface area contributed by atoms with Gasteiger partial charge in [-0.15, -0.1) is 0 Å². The molecule has 0 atom stereocenters. The first kappa shape index (κ1) is 8.28. The van der Waals surface area contributed by atoms with Crippen molar-refractivity contribution in [2.24, 2.45) is 0 Å². The van der Waals surface area contributed by atoms with E-state index in [0.717, 1.165) is 17.8 Å². The third kappa shape index (κ3) is 1.43. The Kier molecular flexibility index (Phi) is 1.77. The van der Waals surface area contributed by atoms with Gasteiger partial charge in [-0.25, -0.2) is 8.42 Å². The monoisotopic (exact) mass is 193 g/mol. The second-order valence-corrected chi connectivity index (χ2v) is 4.79. The van der Waals surface area contributed by atoms with E-state index in [0.29, 0.717) is 0 Å². The molecule has 0 aliphatic carbocycles. The zero-order valence-corrected chi connectivity index (χ0v) is 7.37. The maximum absolute atomic E-state index is 10.9. The molecular weight excluding hydrogens is 186 g/mol. The molecule has 0 amide bonds. The molecule has 7 heteroatoms. The van der Waals surface area contributed by atoms with Crippen LogP contribution in [0, 0.1) is 0 Å². The molecule has 0 saturated carbocycles. The summed E-state index contributed by atoms with van der Waals surface area (Å²) in [6.45, 7) is 0. The molecule has 0 aliphatic heterocycles. The second kappa shape index (κ2) is 2.35. The number of aromatic nitrogens is 1. The summed E-state index contributed by atoms with van der Waals surface area (Å²) in [5, 5.41) is 0.144. The van der Waals surface area contributed by atoms with E-state index in [2.05, 4.69) is 4.37 Å². The molecule has 11 heavy (non-hydrogen) atoms. The maximum atomic E-state index is 10.9. The normalized spacial score (nSPS) is 11.7. The van der Waals surface area contributed by atoms with Crippen molar-refractivity contribution in [2.45, 2.75) is 4.90 Å². The predicted molar refractivity (Wildman–Crippen MR) is 44.0 cm³/mol. The van der Waals surface area contributed by atoms with Crippen molar-refractivity contribution in [3.63, 3.8) is 0 Å². The van der Waals surface area contributed by atoms with Gasteiger partial charge in [0.1, 0.15) is 9.90 Å². The topological polar surface area (TPSA) is 99.1 Å². The Hall–Kier alpha value is -0.820. The minimum atomic E-state index is -3.32. The largest absolute Gasteiger partial charge is 0.388 e. The highest BCUT2D eigenvalue weighted by Gasteiger charge is 2.18. The highest BCUT2D eigenvalue weighted by molar-refractivity contribution is 7.91. The van der Waals surface area contributed by atoms with Gasteiger partial charge in [-0.2, -0.15) is 4.37 Å². The van der Waals surface area contributed by atoms with Crippen LogP contribution in [-0.2, 0) is 9.84 Å². The van der Waals surface area contributed by atoms with Crippen LogP contribution in [0.25, 0.3) is 0 Å². The minimum absolute atomic E-state index is 0.0185. The van der Waals surface area contributed by atoms with Crippen molar-refractivity contribution >= 4 is 32.2 Å². The van der Waals surface area contributed by atoms with E-state index >= 15 is 0 Å². The van der Waals surface area contributed by atoms with Crippen LogP contribution in [0.3, 0.4) is 0 Å². The van der Waals surface area contributed by atoms with Crippen molar-refractivity contribution in [3.8, 4) is 0 Å². The van der Waals surface area contributed by atoms with Gasteiger partial charge in [0.05, 0.1) is 0 Å². The summed E-state index contributed by atoms with van der Waals surface area (Å²) in [7, 11) is -3.32. The van der Waals surface area contributed by atoms with Crippen molar-refractivity contribution in [1.29, 1.82) is 0 Å². The van der Waals surface area contributed by atoms with Gasteiger partial charge in [0.15, 0.2) is 15.7 Å². The lowest BCUT2D eigenvalue weighted by Crippen LogP contribution is -2.02. The fraction of sp³-hybridized carbons (Fsp3) is 0.250. The van der Waals surface area contributed by atoms with E-state index in [1.165, 1.54) is 0 Å². The SMILES string of the molecule is CS(=O)(=O)c1c(N)nsc1N. The number of nitrogens with two attached hydrogens (primary N) is 2. The number of rotatable bonds is 1. The van der Waals surface area contributed by atoms with Crippen LogP contribution in [0.1, 0.15) is 0 Å². The number of nitrogen functional groups attached to an aromatic ring is 2. The second-order valence-electron chi connectivity index (χ2n) is 2.03. The van der Waals surface area contributed by atoms with Crippen molar-refractivity contribution in [1.82, 2.24) is 4.37 Å². The lowest BCUT2D eigenvalue weighted by atomic mass is 10.6. The van der Waals surface area contributed by atoms with E-state index in [9.17, 15) is 8.42 Å². The van der Waals surface area contributed by atoms with Gasteiger partial charge < -0.3 is 11.5 Å². The smallest absolute Gasteiger partial charge is 0.182 e. The van der Waals surface area contributed by atoms with Crippen molar-refractivity contribution < 1.29 is 8.42 Å². The molecule has 1 rings (SSSR count). The van der Waals surface area contributed by atoms with Crippen molar-refractivity contribution in [2.75, 3.05) is 17.7 Å². The number of hydrogen-bond acceptors (Lipinski definition) is 6. The average Bonchev–Trinajstić information content (AvgIpc) is 2.08. The average molecular weight is 193 g/mol. The molecule has 0 aromatic carbocycles. The van der Waals surface area contributed by atoms with E-state index in [1.54, 1.807) is 0 Å². The molecule has 0 fully saturated rings. The van der Waals surface area contributed by atoms with Gasteiger partial charge in [-0.05, 0) is 11.5 Å². The summed E-state index contributed by atoms with van der Waals surface area (Å²) in [6, 6.07) is 0. The van der Waals surface area contributed by atoms with Crippen molar-refractivity contribution in [3.05, 3.63) is 0 Å². The van der Waals surface area contributed by atoms with Gasteiger partial charge >= 0.3 is 0 Å². The Labute approximate surface area is 68.1 Å². The minimum Gasteiger partial charge on any atom is -0.388 e. The molecule has 5 nitrogen and oxygen atoms in total. The lowest BCUT2D eigenvalue weighted by Gasteiger charge is -1.94. The Morgan fingerprint density at radius 3 is 2.18 bits per heavy atom. The Morgan fingerprint density at radius 1 is 1.45 bits per heavy atom. The Morgan fingerprint density at radius 2 is 2.00 bits per heavy atom. The first-order chi connectivity index (χ1) is 4.93. The van der Waals surface area contributed by atoms with Crippen LogP contribution >= 0.6 is 11.5 Å². The molecule has 0 bridgehead atoms. The Balaban J connectivity index is 3.45. The summed E-state index contributed by atoms with van der Waals surface area (Å²) in [5.41, 5.74) is 10.6. The lowest BCUT2D eigenvalue weighted by molar-refractivity contribution is 0.603. The number of anilines is 2. The molecule has 0 spiro atoms. The maximum Gasteiger partial charge on any atom is 0.182 e. The quantitative estimate of drug-likeness (QED) is 0.638. The van der Waals surface area contributed by atoms with E-state index in [4.69, 9.17) is 11.5 Å². The first-order valence-corrected chi connectivity index (χ1v) is 5.30. The van der Waals surface area contributed by atoms with Gasteiger partial charge in [0, 0.05) is 6.26 Å². The molecule has 0 saturated heterocycles. The summed E-state index contributed by atoms with van der Waals surface area (Å²) in [6.07, 6.45) is 1.05. The highest BCUT2D eigenvalue weighted by atomic mass is 32.2.